The molecule has 9 nitrogen and oxygen atoms in total. The SMILES string of the molecule is CC1CCCN(C(=O)C(=O)Nc2cnc(N)c3c2cnn3C)C1.CN(C)CCc1ccccc1. The normalized spacial score (nSPS) is 15.7. The van der Waals surface area contributed by atoms with Gasteiger partial charge in [-0.2, -0.15) is 5.10 Å². The van der Waals surface area contributed by atoms with E-state index in [4.69, 9.17) is 5.73 Å². The van der Waals surface area contributed by atoms with E-state index in [1.807, 2.05) is 0 Å². The Morgan fingerprint density at radius 1 is 1.21 bits per heavy atom. The number of hydrogen-bond acceptors (Lipinski definition) is 6. The predicted molar refractivity (Wildman–Crippen MR) is 135 cm³/mol. The van der Waals surface area contributed by atoms with E-state index in [2.05, 4.69) is 71.7 Å². The van der Waals surface area contributed by atoms with E-state index in [1.165, 1.54) is 11.8 Å². The van der Waals surface area contributed by atoms with E-state index in [0.29, 0.717) is 41.4 Å². The molecule has 3 N–H and O–H groups in total. The Morgan fingerprint density at radius 3 is 2.62 bits per heavy atom. The Kier molecular flexibility index (Phi) is 8.59. The number of nitrogens with zero attached hydrogens (tertiary/aromatic N) is 5. The highest BCUT2D eigenvalue weighted by Crippen LogP contribution is 2.26. The minimum Gasteiger partial charge on any atom is -0.382 e. The number of nitrogens with one attached hydrogen (secondary N) is 1. The highest BCUT2D eigenvalue weighted by molar-refractivity contribution is 6.40. The highest BCUT2D eigenvalue weighted by atomic mass is 16.2. The standard InChI is InChI=1S/C15H20N6O2.C10H15N/c1-9-4-3-5-21(8-9)15(23)14(22)19-11-7-17-13(16)12-10(11)6-18-20(12)2;1-11(2)9-8-10-6-4-3-5-7-10/h6-7,9H,3-5,8H2,1-2H3,(H2,16,17)(H,19,22);3-7H,8-9H2,1-2H3. The van der Waals surface area contributed by atoms with Gasteiger partial charge in [-0.1, -0.05) is 37.3 Å². The van der Waals surface area contributed by atoms with Gasteiger partial charge >= 0.3 is 11.8 Å². The maximum atomic E-state index is 12.3. The lowest BCUT2D eigenvalue weighted by atomic mass is 10.0. The summed E-state index contributed by atoms with van der Waals surface area (Å²) in [6, 6.07) is 10.6. The van der Waals surface area contributed by atoms with Gasteiger partial charge in [-0.15, -0.1) is 0 Å². The Morgan fingerprint density at radius 2 is 1.94 bits per heavy atom. The first kappa shape index (κ1) is 25.2. The number of anilines is 2. The van der Waals surface area contributed by atoms with Crippen molar-refractivity contribution in [1.82, 2.24) is 24.6 Å². The third-order valence-electron chi connectivity index (χ3n) is 5.88. The van der Waals surface area contributed by atoms with Gasteiger partial charge in [0.15, 0.2) is 0 Å². The van der Waals surface area contributed by atoms with E-state index in [9.17, 15) is 9.59 Å². The van der Waals surface area contributed by atoms with Crippen LogP contribution in [0.5, 0.6) is 0 Å². The van der Waals surface area contributed by atoms with Crippen molar-refractivity contribution in [2.24, 2.45) is 13.0 Å². The van der Waals surface area contributed by atoms with Crippen LogP contribution in [0.25, 0.3) is 10.9 Å². The molecule has 34 heavy (non-hydrogen) atoms. The summed E-state index contributed by atoms with van der Waals surface area (Å²) in [6.07, 6.45) is 6.20. The second kappa shape index (κ2) is 11.6. The molecule has 9 heteroatoms. The summed E-state index contributed by atoms with van der Waals surface area (Å²) in [6.45, 7) is 4.46. The number of likely N-dealkylation sites (N-methyl/N-ethyl adjacent to an activating group) is 1. The third kappa shape index (κ3) is 6.54. The van der Waals surface area contributed by atoms with E-state index >= 15 is 0 Å². The summed E-state index contributed by atoms with van der Waals surface area (Å²) in [5, 5.41) is 7.42. The van der Waals surface area contributed by atoms with Crippen LogP contribution in [-0.4, -0.2) is 70.1 Å². The topological polar surface area (TPSA) is 109 Å². The molecule has 1 aliphatic heterocycles. The third-order valence-corrected chi connectivity index (χ3v) is 5.88. The van der Waals surface area contributed by atoms with Crippen molar-refractivity contribution in [3.05, 3.63) is 48.3 Å². The maximum absolute atomic E-state index is 12.3. The van der Waals surface area contributed by atoms with Crippen LogP contribution in [0.3, 0.4) is 0 Å². The molecule has 0 bridgehead atoms. The van der Waals surface area contributed by atoms with Crippen LogP contribution in [0.15, 0.2) is 42.7 Å². The number of piperidine rings is 1. The fourth-order valence-electron chi connectivity index (χ4n) is 3.99. The van der Waals surface area contributed by atoms with Crippen molar-refractivity contribution in [2.75, 3.05) is 44.8 Å². The van der Waals surface area contributed by atoms with Crippen molar-refractivity contribution in [1.29, 1.82) is 0 Å². The van der Waals surface area contributed by atoms with Crippen LogP contribution in [0.4, 0.5) is 11.5 Å². The van der Waals surface area contributed by atoms with Crippen LogP contribution >= 0.6 is 0 Å². The number of rotatable bonds is 4. The van der Waals surface area contributed by atoms with Gasteiger partial charge in [0.25, 0.3) is 0 Å². The van der Waals surface area contributed by atoms with Crippen LogP contribution in [0.2, 0.25) is 0 Å². The molecular weight excluding hydrogens is 430 g/mol. The summed E-state index contributed by atoms with van der Waals surface area (Å²) < 4.78 is 1.58. The Hall–Kier alpha value is -3.46. The Labute approximate surface area is 200 Å². The molecule has 0 aliphatic carbocycles. The van der Waals surface area contributed by atoms with Gasteiger partial charge in [0.1, 0.15) is 11.3 Å². The summed E-state index contributed by atoms with van der Waals surface area (Å²) >= 11 is 0. The molecule has 1 atom stereocenters. The molecule has 1 aromatic carbocycles. The summed E-state index contributed by atoms with van der Waals surface area (Å²) in [7, 11) is 5.94. The van der Waals surface area contributed by atoms with Crippen LogP contribution in [-0.2, 0) is 23.1 Å². The van der Waals surface area contributed by atoms with E-state index in [0.717, 1.165) is 25.8 Å². The van der Waals surface area contributed by atoms with Crippen molar-refractivity contribution >= 4 is 34.2 Å². The average Bonchev–Trinajstić information content (AvgIpc) is 3.22. The van der Waals surface area contributed by atoms with Crippen LogP contribution in [0, 0.1) is 5.92 Å². The van der Waals surface area contributed by atoms with E-state index in [1.54, 1.807) is 22.8 Å². The van der Waals surface area contributed by atoms with Gasteiger partial charge in [0.05, 0.1) is 18.1 Å². The first-order valence-corrected chi connectivity index (χ1v) is 11.6. The minimum atomic E-state index is -0.657. The second-order valence-corrected chi connectivity index (χ2v) is 9.08. The first-order valence-electron chi connectivity index (χ1n) is 11.6. The largest absolute Gasteiger partial charge is 0.382 e. The molecule has 1 aliphatic rings. The molecule has 4 rings (SSSR count). The van der Waals surface area contributed by atoms with Gasteiger partial charge in [-0.25, -0.2) is 4.98 Å². The quantitative estimate of drug-likeness (QED) is 0.573. The number of benzene rings is 1. The lowest BCUT2D eigenvalue weighted by Crippen LogP contribution is -2.44. The second-order valence-electron chi connectivity index (χ2n) is 9.08. The number of nitrogen functional groups attached to an aromatic ring is 1. The van der Waals surface area contributed by atoms with Crippen molar-refractivity contribution in [3.63, 3.8) is 0 Å². The zero-order valence-electron chi connectivity index (χ0n) is 20.5. The van der Waals surface area contributed by atoms with Crippen LogP contribution < -0.4 is 11.1 Å². The maximum Gasteiger partial charge on any atom is 0.313 e. The lowest BCUT2D eigenvalue weighted by Gasteiger charge is -2.30. The number of fused-ring (bicyclic) bond motifs is 1. The molecule has 3 aromatic rings. The van der Waals surface area contributed by atoms with Gasteiger partial charge in [-0.3, -0.25) is 14.3 Å². The van der Waals surface area contributed by atoms with Gasteiger partial charge in [0, 0.05) is 32.1 Å². The first-order chi connectivity index (χ1) is 16.3. The smallest absolute Gasteiger partial charge is 0.313 e. The number of nitrogens with two attached hydrogens (primary N) is 1. The van der Waals surface area contributed by atoms with E-state index in [-0.39, 0.29) is 0 Å². The van der Waals surface area contributed by atoms with Gasteiger partial charge < -0.3 is 20.9 Å². The average molecular weight is 466 g/mol. The highest BCUT2D eigenvalue weighted by Gasteiger charge is 2.26. The van der Waals surface area contributed by atoms with Crippen molar-refractivity contribution in [3.8, 4) is 0 Å². The fourth-order valence-corrected chi connectivity index (χ4v) is 3.99. The molecule has 2 amide bonds. The Bertz CT molecular complexity index is 1110. The number of hydrogen-bond donors (Lipinski definition) is 2. The monoisotopic (exact) mass is 465 g/mol. The Balaban J connectivity index is 0.000000248. The lowest BCUT2D eigenvalue weighted by molar-refractivity contribution is -0.144. The number of pyridine rings is 1. The number of carbonyl (C=O) groups excluding carboxylic acids is 2. The molecule has 1 unspecified atom stereocenters. The predicted octanol–water partition coefficient (Wildman–Crippen LogP) is 2.54. The molecule has 2 aromatic heterocycles. The number of likely N-dealkylation sites (tertiary alicyclic amines) is 1. The summed E-state index contributed by atoms with van der Waals surface area (Å²) in [5.41, 5.74) is 8.31. The fraction of sp³-hybridized carbons (Fsp3) is 0.440. The van der Waals surface area contributed by atoms with Crippen LogP contribution in [0.1, 0.15) is 25.3 Å². The molecule has 182 valence electrons. The molecule has 1 fully saturated rings. The molecule has 1 saturated heterocycles. The van der Waals surface area contributed by atoms with Crippen molar-refractivity contribution in [2.45, 2.75) is 26.2 Å². The number of aromatic nitrogens is 3. The van der Waals surface area contributed by atoms with Crippen molar-refractivity contribution < 1.29 is 9.59 Å². The molecule has 0 saturated carbocycles. The minimum absolute atomic E-state index is 0.328. The van der Waals surface area contributed by atoms with Gasteiger partial charge in [0.2, 0.25) is 0 Å². The molecule has 0 radical (unpaired) electrons. The molecule has 3 heterocycles. The molecule has 0 spiro atoms. The van der Waals surface area contributed by atoms with Gasteiger partial charge in [-0.05, 0) is 44.8 Å². The van der Waals surface area contributed by atoms with E-state index < -0.39 is 11.8 Å². The molecular formula is C25H35N7O2. The number of carbonyl (C=O) groups is 2. The summed E-state index contributed by atoms with van der Waals surface area (Å²) in [5.74, 6) is -0.417. The summed E-state index contributed by atoms with van der Waals surface area (Å²) in [4.78, 5) is 32.4. The number of amides is 2. The number of aryl methyl sites for hydroxylation is 1. The zero-order chi connectivity index (χ0) is 24.7. The zero-order valence-corrected chi connectivity index (χ0v) is 20.5.